The molecule has 1 heterocycles. The van der Waals surface area contributed by atoms with Crippen LogP contribution in [0.2, 0.25) is 0 Å². The van der Waals surface area contributed by atoms with E-state index in [1.165, 1.54) is 6.20 Å². The maximum atomic E-state index is 10.2. The lowest BCUT2D eigenvalue weighted by molar-refractivity contribution is 0.0702. The minimum Gasteiger partial charge on any atom is -0.477 e. The van der Waals surface area contributed by atoms with Crippen LogP contribution >= 0.6 is 11.3 Å². The third-order valence-electron chi connectivity index (χ3n) is 0.840. The molecule has 5 nitrogen and oxygen atoms in total. The molecule has 0 spiro atoms. The summed E-state index contributed by atoms with van der Waals surface area (Å²) in [6.07, 6.45) is 1.25. The van der Waals surface area contributed by atoms with Gasteiger partial charge in [-0.2, -0.15) is 0 Å². The van der Waals surface area contributed by atoms with Crippen LogP contribution in [0.4, 0.5) is 5.13 Å². The SMILES string of the molecule is NNc1ncc(C(=O)O)s1. The Kier molecular flexibility index (Phi) is 1.83. The Hall–Kier alpha value is -1.14. The largest absolute Gasteiger partial charge is 0.477 e. The van der Waals surface area contributed by atoms with E-state index in [-0.39, 0.29) is 4.88 Å². The summed E-state index contributed by atoms with van der Waals surface area (Å²) in [5.41, 5.74) is 2.25. The molecule has 0 fully saturated rings. The van der Waals surface area contributed by atoms with Crippen molar-refractivity contribution >= 4 is 22.4 Å². The van der Waals surface area contributed by atoms with Gasteiger partial charge in [0.2, 0.25) is 0 Å². The van der Waals surface area contributed by atoms with E-state index in [1.54, 1.807) is 0 Å². The second-order valence-corrected chi connectivity index (χ2v) is 2.51. The van der Waals surface area contributed by atoms with Crippen LogP contribution in [0.3, 0.4) is 0 Å². The molecule has 0 saturated carbocycles. The van der Waals surface area contributed by atoms with Crippen LogP contribution in [0.25, 0.3) is 0 Å². The van der Waals surface area contributed by atoms with Crippen LogP contribution in [-0.4, -0.2) is 16.1 Å². The third-order valence-corrected chi connectivity index (χ3v) is 1.76. The number of carboxylic acid groups (broad SMARTS) is 1. The Morgan fingerprint density at radius 2 is 2.60 bits per heavy atom. The highest BCUT2D eigenvalue weighted by atomic mass is 32.1. The van der Waals surface area contributed by atoms with Gasteiger partial charge in [0, 0.05) is 0 Å². The molecule has 0 amide bonds. The fourth-order valence-electron chi connectivity index (χ4n) is 0.440. The Morgan fingerprint density at radius 1 is 1.90 bits per heavy atom. The van der Waals surface area contributed by atoms with Crippen LogP contribution in [0, 0.1) is 0 Å². The van der Waals surface area contributed by atoms with Gasteiger partial charge in [-0.1, -0.05) is 11.3 Å². The average molecular weight is 159 g/mol. The van der Waals surface area contributed by atoms with Crippen LogP contribution in [-0.2, 0) is 0 Å². The first-order chi connectivity index (χ1) is 4.74. The van der Waals surface area contributed by atoms with E-state index in [1.807, 2.05) is 0 Å². The second kappa shape index (κ2) is 2.63. The summed E-state index contributed by atoms with van der Waals surface area (Å²) >= 11 is 0.994. The van der Waals surface area contributed by atoms with Crippen molar-refractivity contribution in [3.8, 4) is 0 Å². The summed E-state index contributed by atoms with van der Waals surface area (Å²) < 4.78 is 0. The number of hydrogen-bond donors (Lipinski definition) is 3. The second-order valence-electron chi connectivity index (χ2n) is 1.48. The molecule has 0 bridgehead atoms. The van der Waals surface area contributed by atoms with Crippen molar-refractivity contribution in [1.82, 2.24) is 4.98 Å². The van der Waals surface area contributed by atoms with Crippen molar-refractivity contribution in [1.29, 1.82) is 0 Å². The number of hydrogen-bond acceptors (Lipinski definition) is 5. The molecule has 0 unspecified atom stereocenters. The van der Waals surface area contributed by atoms with Crippen molar-refractivity contribution < 1.29 is 9.90 Å². The van der Waals surface area contributed by atoms with Gasteiger partial charge in [0.1, 0.15) is 4.88 Å². The Bertz CT molecular complexity index is 246. The minimum atomic E-state index is -0.987. The summed E-state index contributed by atoms with van der Waals surface area (Å²) in [6.45, 7) is 0. The molecule has 6 heteroatoms. The molecule has 1 aromatic heterocycles. The lowest BCUT2D eigenvalue weighted by atomic mass is 10.6. The number of thiazole rings is 1. The van der Waals surface area contributed by atoms with E-state index in [0.29, 0.717) is 5.13 Å². The Balaban J connectivity index is 2.88. The van der Waals surface area contributed by atoms with Gasteiger partial charge >= 0.3 is 5.97 Å². The molecule has 0 radical (unpaired) electrons. The summed E-state index contributed by atoms with van der Waals surface area (Å²) in [5, 5.41) is 8.80. The van der Waals surface area contributed by atoms with Gasteiger partial charge in [-0.3, -0.25) is 5.43 Å². The number of nitrogens with two attached hydrogens (primary N) is 1. The molecule has 0 saturated heterocycles. The first kappa shape index (κ1) is 6.97. The lowest BCUT2D eigenvalue weighted by Crippen LogP contribution is -2.05. The van der Waals surface area contributed by atoms with Crippen LogP contribution in [0.5, 0.6) is 0 Å². The average Bonchev–Trinajstić information content (AvgIpc) is 2.34. The molecule has 0 atom stereocenters. The van der Waals surface area contributed by atoms with Crippen molar-refractivity contribution in [2.45, 2.75) is 0 Å². The van der Waals surface area contributed by atoms with E-state index < -0.39 is 5.97 Å². The minimum absolute atomic E-state index is 0.174. The number of carbonyl (C=O) groups is 1. The first-order valence-corrected chi connectivity index (χ1v) is 3.21. The van der Waals surface area contributed by atoms with Gasteiger partial charge < -0.3 is 5.11 Å². The number of nitrogen functional groups attached to an aromatic ring is 1. The van der Waals surface area contributed by atoms with Crippen LogP contribution in [0.15, 0.2) is 6.20 Å². The summed E-state index contributed by atoms with van der Waals surface area (Å²) in [6, 6.07) is 0. The maximum Gasteiger partial charge on any atom is 0.347 e. The molecule has 10 heavy (non-hydrogen) atoms. The molecule has 0 aliphatic carbocycles. The topological polar surface area (TPSA) is 88.2 Å². The zero-order valence-electron chi connectivity index (χ0n) is 4.87. The number of nitrogens with one attached hydrogen (secondary N) is 1. The lowest BCUT2D eigenvalue weighted by Gasteiger charge is -1.85. The fourth-order valence-corrected chi connectivity index (χ4v) is 1.01. The molecule has 0 aromatic carbocycles. The quantitative estimate of drug-likeness (QED) is 0.421. The van der Waals surface area contributed by atoms with E-state index in [4.69, 9.17) is 10.9 Å². The molecular formula is C4H5N3O2S. The molecule has 0 aliphatic heterocycles. The summed E-state index contributed by atoms with van der Waals surface area (Å²) in [7, 11) is 0. The predicted octanol–water partition coefficient (Wildman–Crippen LogP) is 0.127. The zero-order chi connectivity index (χ0) is 7.56. The fraction of sp³-hybridized carbons (Fsp3) is 0. The Labute approximate surface area is 60.5 Å². The highest BCUT2D eigenvalue weighted by Crippen LogP contribution is 2.15. The van der Waals surface area contributed by atoms with E-state index in [2.05, 4.69) is 10.4 Å². The molecule has 4 N–H and O–H groups in total. The van der Waals surface area contributed by atoms with Gasteiger partial charge in [-0.05, 0) is 0 Å². The first-order valence-electron chi connectivity index (χ1n) is 2.40. The number of rotatable bonds is 2. The molecule has 54 valence electrons. The van der Waals surface area contributed by atoms with Gasteiger partial charge in [-0.15, -0.1) is 0 Å². The number of carboxylic acids is 1. The number of aromatic nitrogens is 1. The van der Waals surface area contributed by atoms with E-state index in [0.717, 1.165) is 11.3 Å². The third kappa shape index (κ3) is 1.23. The van der Waals surface area contributed by atoms with Crippen molar-refractivity contribution in [2.24, 2.45) is 5.84 Å². The van der Waals surface area contributed by atoms with Crippen molar-refractivity contribution in [2.75, 3.05) is 5.43 Å². The highest BCUT2D eigenvalue weighted by Gasteiger charge is 2.06. The molecular weight excluding hydrogens is 154 g/mol. The smallest absolute Gasteiger partial charge is 0.347 e. The van der Waals surface area contributed by atoms with E-state index in [9.17, 15) is 4.79 Å². The molecule has 1 aromatic rings. The Morgan fingerprint density at radius 3 is 2.90 bits per heavy atom. The number of anilines is 1. The van der Waals surface area contributed by atoms with Crippen molar-refractivity contribution in [3.63, 3.8) is 0 Å². The normalized spacial score (nSPS) is 9.30. The predicted molar refractivity (Wildman–Crippen MR) is 36.9 cm³/mol. The van der Waals surface area contributed by atoms with Crippen LogP contribution < -0.4 is 11.3 Å². The van der Waals surface area contributed by atoms with Gasteiger partial charge in [0.15, 0.2) is 5.13 Å². The number of aromatic carboxylic acids is 1. The maximum absolute atomic E-state index is 10.2. The standard InChI is InChI=1S/C4H5N3O2S/c5-7-4-6-1-2(10-4)3(8)9/h1H,5H2,(H,6,7)(H,8,9). The zero-order valence-corrected chi connectivity index (χ0v) is 5.68. The summed E-state index contributed by atoms with van der Waals surface area (Å²) in [5.74, 6) is 3.98. The number of hydrazine groups is 1. The van der Waals surface area contributed by atoms with Gasteiger partial charge in [-0.25, -0.2) is 15.6 Å². The van der Waals surface area contributed by atoms with Crippen LogP contribution in [0.1, 0.15) is 9.67 Å². The monoisotopic (exact) mass is 159 g/mol. The van der Waals surface area contributed by atoms with Crippen molar-refractivity contribution in [3.05, 3.63) is 11.1 Å². The molecule has 1 rings (SSSR count). The van der Waals surface area contributed by atoms with E-state index >= 15 is 0 Å². The number of nitrogens with zero attached hydrogens (tertiary/aromatic N) is 1. The molecule has 0 aliphatic rings. The highest BCUT2D eigenvalue weighted by molar-refractivity contribution is 7.17. The van der Waals surface area contributed by atoms with Gasteiger partial charge in [0.25, 0.3) is 0 Å². The summed E-state index contributed by atoms with van der Waals surface area (Å²) in [4.78, 5) is 14.1. The van der Waals surface area contributed by atoms with Gasteiger partial charge in [0.05, 0.1) is 6.20 Å².